The van der Waals surface area contributed by atoms with Crippen LogP contribution >= 0.6 is 0 Å². The summed E-state index contributed by atoms with van der Waals surface area (Å²) in [7, 11) is 0. The lowest BCUT2D eigenvalue weighted by Crippen LogP contribution is -2.17. The normalized spacial score (nSPS) is 11.6. The van der Waals surface area contributed by atoms with Crippen LogP contribution in [0.5, 0.6) is 0 Å². The fraction of sp³-hybridized carbons (Fsp3) is 0.312. The van der Waals surface area contributed by atoms with Crippen molar-refractivity contribution >= 4 is 5.97 Å². The van der Waals surface area contributed by atoms with Gasteiger partial charge < -0.3 is 9.67 Å². The standard InChI is InChI=1S/C16H19NO2/c1-11-13(15(18)19)10-14(16(2,3)4)17(11)12-8-6-5-7-9-12/h5-10H,1-4H3,(H,18,19). The lowest BCUT2D eigenvalue weighted by Gasteiger charge is -2.22. The zero-order valence-corrected chi connectivity index (χ0v) is 11.8. The Labute approximate surface area is 113 Å². The topological polar surface area (TPSA) is 42.2 Å². The minimum absolute atomic E-state index is 0.117. The van der Waals surface area contributed by atoms with E-state index in [2.05, 4.69) is 20.8 Å². The summed E-state index contributed by atoms with van der Waals surface area (Å²) < 4.78 is 2.03. The van der Waals surface area contributed by atoms with E-state index in [0.717, 1.165) is 17.1 Å². The number of hydrogen-bond acceptors (Lipinski definition) is 1. The van der Waals surface area contributed by atoms with E-state index in [0.29, 0.717) is 5.56 Å². The van der Waals surface area contributed by atoms with Gasteiger partial charge in [0.1, 0.15) is 0 Å². The van der Waals surface area contributed by atoms with Crippen molar-refractivity contribution in [3.8, 4) is 5.69 Å². The molecule has 0 atom stereocenters. The van der Waals surface area contributed by atoms with Crippen molar-refractivity contribution in [2.45, 2.75) is 33.1 Å². The van der Waals surface area contributed by atoms with Gasteiger partial charge in [-0.3, -0.25) is 0 Å². The Balaban J connectivity index is 2.75. The minimum atomic E-state index is -0.877. The van der Waals surface area contributed by atoms with E-state index in [-0.39, 0.29) is 5.41 Å². The van der Waals surface area contributed by atoms with Crippen molar-refractivity contribution in [2.75, 3.05) is 0 Å². The number of carboxylic acids is 1. The molecule has 0 saturated carbocycles. The Morgan fingerprint density at radius 2 is 1.74 bits per heavy atom. The number of carboxylic acid groups (broad SMARTS) is 1. The average Bonchev–Trinajstić information content (AvgIpc) is 2.68. The molecule has 3 nitrogen and oxygen atoms in total. The van der Waals surface area contributed by atoms with Gasteiger partial charge in [0.2, 0.25) is 0 Å². The third kappa shape index (κ3) is 2.41. The van der Waals surface area contributed by atoms with E-state index < -0.39 is 5.97 Å². The van der Waals surface area contributed by atoms with Crippen LogP contribution in [0.15, 0.2) is 36.4 Å². The maximum Gasteiger partial charge on any atom is 0.337 e. The molecule has 2 aromatic rings. The number of carbonyl (C=O) groups is 1. The van der Waals surface area contributed by atoms with Crippen LogP contribution in [0.1, 0.15) is 42.5 Å². The van der Waals surface area contributed by atoms with E-state index >= 15 is 0 Å². The van der Waals surface area contributed by atoms with Crippen LogP contribution in [-0.2, 0) is 5.41 Å². The molecule has 0 aliphatic heterocycles. The number of aromatic carboxylic acids is 1. The van der Waals surface area contributed by atoms with Gasteiger partial charge >= 0.3 is 5.97 Å². The summed E-state index contributed by atoms with van der Waals surface area (Å²) in [6.07, 6.45) is 0. The van der Waals surface area contributed by atoms with Gasteiger partial charge in [0.15, 0.2) is 0 Å². The van der Waals surface area contributed by atoms with Gasteiger partial charge in [-0.25, -0.2) is 4.79 Å². The van der Waals surface area contributed by atoms with Crippen LogP contribution in [0.2, 0.25) is 0 Å². The molecule has 0 aliphatic rings. The molecule has 1 N–H and O–H groups in total. The van der Waals surface area contributed by atoms with E-state index in [4.69, 9.17) is 0 Å². The molecule has 2 rings (SSSR count). The first-order chi connectivity index (χ1) is 8.82. The smallest absolute Gasteiger partial charge is 0.337 e. The Hall–Kier alpha value is -2.03. The van der Waals surface area contributed by atoms with Gasteiger partial charge in [0.05, 0.1) is 5.56 Å². The summed E-state index contributed by atoms with van der Waals surface area (Å²) in [5, 5.41) is 9.30. The summed E-state index contributed by atoms with van der Waals surface area (Å²) in [4.78, 5) is 11.3. The van der Waals surface area contributed by atoms with Gasteiger partial charge in [-0.05, 0) is 25.1 Å². The highest BCUT2D eigenvalue weighted by Crippen LogP contribution is 2.30. The van der Waals surface area contributed by atoms with Crippen LogP contribution in [0, 0.1) is 6.92 Å². The number of hydrogen-bond donors (Lipinski definition) is 1. The molecule has 0 fully saturated rings. The highest BCUT2D eigenvalue weighted by Gasteiger charge is 2.25. The van der Waals surface area contributed by atoms with Gasteiger partial charge in [0.25, 0.3) is 0 Å². The van der Waals surface area contributed by atoms with Gasteiger partial charge in [-0.2, -0.15) is 0 Å². The number of rotatable bonds is 2. The number of benzene rings is 1. The number of aromatic nitrogens is 1. The lowest BCUT2D eigenvalue weighted by molar-refractivity contribution is 0.0696. The fourth-order valence-electron chi connectivity index (χ4n) is 2.29. The van der Waals surface area contributed by atoms with Gasteiger partial charge in [0, 0.05) is 22.5 Å². The summed E-state index contributed by atoms with van der Waals surface area (Å²) in [5.41, 5.74) is 3.03. The predicted molar refractivity (Wildman–Crippen MR) is 76.2 cm³/mol. The monoisotopic (exact) mass is 257 g/mol. The van der Waals surface area contributed by atoms with Crippen LogP contribution < -0.4 is 0 Å². The predicted octanol–water partition coefficient (Wildman–Crippen LogP) is 3.78. The largest absolute Gasteiger partial charge is 0.478 e. The van der Waals surface area contributed by atoms with Crippen molar-refractivity contribution in [2.24, 2.45) is 0 Å². The number of para-hydroxylation sites is 1. The van der Waals surface area contributed by atoms with E-state index in [1.165, 1.54) is 0 Å². The van der Waals surface area contributed by atoms with Crippen LogP contribution in [-0.4, -0.2) is 15.6 Å². The zero-order chi connectivity index (χ0) is 14.2. The molecule has 3 heteroatoms. The highest BCUT2D eigenvalue weighted by atomic mass is 16.4. The van der Waals surface area contributed by atoms with Crippen LogP contribution in [0.3, 0.4) is 0 Å². The molecule has 100 valence electrons. The molecule has 0 unspecified atom stereocenters. The molecule has 0 aliphatic carbocycles. The highest BCUT2D eigenvalue weighted by molar-refractivity contribution is 5.89. The first-order valence-corrected chi connectivity index (χ1v) is 6.34. The summed E-state index contributed by atoms with van der Waals surface area (Å²) in [6, 6.07) is 11.6. The lowest BCUT2D eigenvalue weighted by atomic mass is 9.91. The summed E-state index contributed by atoms with van der Waals surface area (Å²) in [5.74, 6) is -0.877. The number of nitrogens with zero attached hydrogens (tertiary/aromatic N) is 1. The molecule has 0 spiro atoms. The van der Waals surface area contributed by atoms with Crippen molar-refractivity contribution in [1.29, 1.82) is 0 Å². The molecule has 0 saturated heterocycles. The molecule has 1 aromatic heterocycles. The third-order valence-electron chi connectivity index (χ3n) is 3.26. The third-order valence-corrected chi connectivity index (χ3v) is 3.26. The van der Waals surface area contributed by atoms with Gasteiger partial charge in [-0.1, -0.05) is 39.0 Å². The SMILES string of the molecule is Cc1c(C(=O)O)cc(C(C)(C)C)n1-c1ccccc1. The molecule has 1 heterocycles. The van der Waals surface area contributed by atoms with Crippen molar-refractivity contribution in [3.05, 3.63) is 53.3 Å². The van der Waals surface area contributed by atoms with Crippen molar-refractivity contribution < 1.29 is 9.90 Å². The first-order valence-electron chi connectivity index (χ1n) is 6.34. The Bertz CT molecular complexity index is 604. The quantitative estimate of drug-likeness (QED) is 0.889. The fourth-order valence-corrected chi connectivity index (χ4v) is 2.29. The molecule has 0 radical (unpaired) electrons. The maximum atomic E-state index is 11.3. The van der Waals surface area contributed by atoms with Crippen molar-refractivity contribution in [1.82, 2.24) is 4.57 Å². The van der Waals surface area contributed by atoms with E-state index in [1.807, 2.05) is 41.8 Å². The van der Waals surface area contributed by atoms with Crippen LogP contribution in [0.4, 0.5) is 0 Å². The average molecular weight is 257 g/mol. The second-order valence-corrected chi connectivity index (χ2v) is 5.75. The maximum absolute atomic E-state index is 11.3. The first kappa shape index (κ1) is 13.4. The zero-order valence-electron chi connectivity index (χ0n) is 11.8. The Morgan fingerprint density at radius 1 is 1.16 bits per heavy atom. The van der Waals surface area contributed by atoms with Crippen LogP contribution in [0.25, 0.3) is 5.69 Å². The Kier molecular flexibility index (Phi) is 3.23. The molecule has 0 amide bonds. The second kappa shape index (κ2) is 4.57. The molecule has 19 heavy (non-hydrogen) atoms. The molecular weight excluding hydrogens is 238 g/mol. The summed E-state index contributed by atoms with van der Waals surface area (Å²) in [6.45, 7) is 8.12. The summed E-state index contributed by atoms with van der Waals surface area (Å²) >= 11 is 0. The molecular formula is C16H19NO2. The Morgan fingerprint density at radius 3 is 2.21 bits per heavy atom. The van der Waals surface area contributed by atoms with Crippen molar-refractivity contribution in [3.63, 3.8) is 0 Å². The van der Waals surface area contributed by atoms with Gasteiger partial charge in [-0.15, -0.1) is 0 Å². The van der Waals surface area contributed by atoms with E-state index in [1.54, 1.807) is 6.07 Å². The molecule has 1 aromatic carbocycles. The minimum Gasteiger partial charge on any atom is -0.478 e. The second-order valence-electron chi connectivity index (χ2n) is 5.75. The molecule has 0 bridgehead atoms. The van der Waals surface area contributed by atoms with E-state index in [9.17, 15) is 9.90 Å².